The first-order valence-corrected chi connectivity index (χ1v) is 8.20. The molecule has 6 heteroatoms. The number of para-hydroxylation sites is 1. The number of hydrogen-bond donors (Lipinski definition) is 0. The molecule has 1 aromatic carbocycles. The number of anilines is 1. The van der Waals surface area contributed by atoms with Crippen molar-refractivity contribution in [2.24, 2.45) is 0 Å². The molecule has 0 radical (unpaired) electrons. The van der Waals surface area contributed by atoms with Crippen molar-refractivity contribution in [3.8, 4) is 0 Å². The fourth-order valence-corrected chi connectivity index (χ4v) is 3.18. The first-order chi connectivity index (χ1) is 11.4. The van der Waals surface area contributed by atoms with Gasteiger partial charge >= 0.3 is 5.97 Å². The van der Waals surface area contributed by atoms with Crippen LogP contribution in [0.2, 0.25) is 0 Å². The van der Waals surface area contributed by atoms with Crippen LogP contribution in [0.4, 0.5) is 5.69 Å². The molecule has 2 rings (SSSR count). The van der Waals surface area contributed by atoms with Gasteiger partial charge in [-0.05, 0) is 32.4 Å². The summed E-state index contributed by atoms with van der Waals surface area (Å²) in [5.41, 5.74) is 0.867. The molecule has 1 aromatic rings. The van der Waals surface area contributed by atoms with Crippen molar-refractivity contribution in [1.82, 2.24) is 5.01 Å². The van der Waals surface area contributed by atoms with Gasteiger partial charge in [-0.3, -0.25) is 19.4 Å². The van der Waals surface area contributed by atoms with Crippen molar-refractivity contribution in [2.75, 3.05) is 5.01 Å². The van der Waals surface area contributed by atoms with Crippen molar-refractivity contribution in [1.29, 1.82) is 0 Å². The van der Waals surface area contributed by atoms with Gasteiger partial charge in [-0.2, -0.15) is 0 Å². The molecule has 1 saturated heterocycles. The summed E-state index contributed by atoms with van der Waals surface area (Å²) in [5, 5.41) is 3.43. The van der Waals surface area contributed by atoms with Crippen molar-refractivity contribution in [3.63, 3.8) is 0 Å². The Hall–Kier alpha value is -2.37. The molecule has 1 aliphatic rings. The van der Waals surface area contributed by atoms with E-state index < -0.39 is 18.1 Å². The van der Waals surface area contributed by atoms with Crippen LogP contribution in [-0.2, 0) is 19.1 Å². The molecule has 1 heterocycles. The number of esters is 1. The summed E-state index contributed by atoms with van der Waals surface area (Å²) in [6, 6.07) is 9.03. The number of amides is 1. The highest BCUT2D eigenvalue weighted by atomic mass is 16.5. The van der Waals surface area contributed by atoms with Gasteiger partial charge < -0.3 is 4.74 Å². The number of carbonyl (C=O) groups is 3. The molecule has 130 valence electrons. The zero-order valence-corrected chi connectivity index (χ0v) is 14.6. The fraction of sp³-hybridized carbons (Fsp3) is 0.500. The van der Waals surface area contributed by atoms with E-state index in [1.807, 2.05) is 42.3 Å². The summed E-state index contributed by atoms with van der Waals surface area (Å²) < 4.78 is 5.35. The summed E-state index contributed by atoms with van der Waals surface area (Å²) >= 11 is 0. The fourth-order valence-electron chi connectivity index (χ4n) is 3.18. The average molecular weight is 332 g/mol. The Labute approximate surface area is 142 Å². The third-order valence-corrected chi connectivity index (χ3v) is 4.19. The van der Waals surface area contributed by atoms with E-state index in [4.69, 9.17) is 4.74 Å². The summed E-state index contributed by atoms with van der Waals surface area (Å²) in [6.07, 6.45) is -0.206. The first kappa shape index (κ1) is 18.0. The Morgan fingerprint density at radius 2 is 1.83 bits per heavy atom. The number of Topliss-reactive ketones (excluding diaryl/α,β-unsaturated/α-hetero) is 1. The van der Waals surface area contributed by atoms with E-state index in [1.54, 1.807) is 11.9 Å². The van der Waals surface area contributed by atoms with Crippen LogP contribution in [0.3, 0.4) is 0 Å². The standard InChI is InChI=1S/C18H24N2O4/c1-5-17(23)24-18(13(3)21)16-11-12(2)19(20(16)14(4)22)15-9-7-6-8-10-15/h6-10,12,16,18H,5,11H2,1-4H3/t12-,16+,18-/m0/s1. The van der Waals surface area contributed by atoms with Gasteiger partial charge in [-0.15, -0.1) is 0 Å². The SMILES string of the molecule is CCC(=O)O[C@@H](C(C)=O)[C@H]1C[C@H](C)N(c2ccccc2)N1C(C)=O. The Bertz CT molecular complexity index is 617. The van der Waals surface area contributed by atoms with Crippen molar-refractivity contribution < 1.29 is 19.1 Å². The Morgan fingerprint density at radius 1 is 1.21 bits per heavy atom. The number of hydrogen-bond acceptors (Lipinski definition) is 5. The highest BCUT2D eigenvalue weighted by molar-refractivity contribution is 5.86. The van der Waals surface area contributed by atoms with Crippen LogP contribution in [0.5, 0.6) is 0 Å². The Balaban J connectivity index is 2.37. The molecule has 0 N–H and O–H groups in total. The van der Waals surface area contributed by atoms with Crippen LogP contribution in [0, 0.1) is 0 Å². The molecule has 0 unspecified atom stereocenters. The molecule has 0 aliphatic carbocycles. The molecule has 0 spiro atoms. The van der Waals surface area contributed by atoms with Crippen LogP contribution >= 0.6 is 0 Å². The Kier molecular flexibility index (Phi) is 5.59. The number of carbonyl (C=O) groups excluding carboxylic acids is 3. The van der Waals surface area contributed by atoms with Crippen LogP contribution in [0.25, 0.3) is 0 Å². The number of rotatable bonds is 5. The van der Waals surface area contributed by atoms with E-state index in [1.165, 1.54) is 13.8 Å². The molecule has 24 heavy (non-hydrogen) atoms. The maximum atomic E-state index is 12.3. The average Bonchev–Trinajstić information content (AvgIpc) is 2.90. The number of ether oxygens (including phenoxy) is 1. The number of benzene rings is 1. The van der Waals surface area contributed by atoms with E-state index in [9.17, 15) is 14.4 Å². The molecule has 0 saturated carbocycles. The second kappa shape index (κ2) is 7.47. The summed E-state index contributed by atoms with van der Waals surface area (Å²) in [4.78, 5) is 36.1. The molecule has 1 aliphatic heterocycles. The minimum atomic E-state index is -0.947. The third kappa shape index (κ3) is 3.58. The number of ketones is 1. The van der Waals surface area contributed by atoms with Crippen LogP contribution < -0.4 is 5.01 Å². The quantitative estimate of drug-likeness (QED) is 0.774. The van der Waals surface area contributed by atoms with Crippen molar-refractivity contribution in [2.45, 2.75) is 58.7 Å². The second-order valence-corrected chi connectivity index (χ2v) is 6.07. The van der Waals surface area contributed by atoms with Gasteiger partial charge in [-0.25, -0.2) is 5.01 Å². The maximum Gasteiger partial charge on any atom is 0.306 e. The molecule has 1 amide bonds. The smallest absolute Gasteiger partial charge is 0.306 e. The normalized spacial score (nSPS) is 21.5. The zero-order chi connectivity index (χ0) is 17.9. The van der Waals surface area contributed by atoms with E-state index in [-0.39, 0.29) is 24.2 Å². The molecule has 0 bridgehead atoms. The largest absolute Gasteiger partial charge is 0.452 e. The van der Waals surface area contributed by atoms with Crippen molar-refractivity contribution in [3.05, 3.63) is 30.3 Å². The molecule has 6 nitrogen and oxygen atoms in total. The summed E-state index contributed by atoms with van der Waals surface area (Å²) in [5.74, 6) is -0.883. The van der Waals surface area contributed by atoms with E-state index in [0.29, 0.717) is 6.42 Å². The highest BCUT2D eigenvalue weighted by Gasteiger charge is 2.46. The predicted octanol–water partition coefficient (Wildman–Crippen LogP) is 2.33. The van der Waals surface area contributed by atoms with Gasteiger partial charge in [-0.1, -0.05) is 25.1 Å². The summed E-state index contributed by atoms with van der Waals surface area (Å²) in [7, 11) is 0. The lowest BCUT2D eigenvalue weighted by atomic mass is 10.0. The van der Waals surface area contributed by atoms with Gasteiger partial charge in [0.2, 0.25) is 5.91 Å². The van der Waals surface area contributed by atoms with Gasteiger partial charge in [0.1, 0.15) is 0 Å². The Morgan fingerprint density at radius 3 is 2.33 bits per heavy atom. The third-order valence-electron chi connectivity index (χ3n) is 4.19. The van der Waals surface area contributed by atoms with Crippen LogP contribution in [0.15, 0.2) is 30.3 Å². The summed E-state index contributed by atoms with van der Waals surface area (Å²) in [6.45, 7) is 6.51. The van der Waals surface area contributed by atoms with Gasteiger partial charge in [0.25, 0.3) is 0 Å². The molecule has 3 atom stereocenters. The maximum absolute atomic E-state index is 12.3. The lowest BCUT2D eigenvalue weighted by Gasteiger charge is -2.36. The van der Waals surface area contributed by atoms with Gasteiger partial charge in [0.15, 0.2) is 11.9 Å². The van der Waals surface area contributed by atoms with Crippen LogP contribution in [0.1, 0.15) is 40.5 Å². The van der Waals surface area contributed by atoms with E-state index in [2.05, 4.69) is 0 Å². The molecule has 1 fully saturated rings. The monoisotopic (exact) mass is 332 g/mol. The van der Waals surface area contributed by atoms with Gasteiger partial charge in [0.05, 0.1) is 17.8 Å². The molecule has 0 aromatic heterocycles. The van der Waals surface area contributed by atoms with Crippen molar-refractivity contribution >= 4 is 23.3 Å². The minimum Gasteiger partial charge on any atom is -0.452 e. The number of nitrogens with zero attached hydrogens (tertiary/aromatic N) is 2. The molecular weight excluding hydrogens is 308 g/mol. The topological polar surface area (TPSA) is 66.9 Å². The predicted molar refractivity (Wildman–Crippen MR) is 90.2 cm³/mol. The van der Waals surface area contributed by atoms with Crippen LogP contribution in [-0.4, -0.2) is 40.9 Å². The highest BCUT2D eigenvalue weighted by Crippen LogP contribution is 2.33. The van der Waals surface area contributed by atoms with E-state index in [0.717, 1.165) is 5.69 Å². The lowest BCUT2D eigenvalue weighted by molar-refractivity contribution is -0.159. The minimum absolute atomic E-state index is 0.00322. The first-order valence-electron chi connectivity index (χ1n) is 8.20. The lowest BCUT2D eigenvalue weighted by Crippen LogP contribution is -2.52. The number of hydrazine groups is 1. The van der Waals surface area contributed by atoms with E-state index >= 15 is 0 Å². The second-order valence-electron chi connectivity index (χ2n) is 6.07. The molecular formula is C18H24N2O4. The van der Waals surface area contributed by atoms with Gasteiger partial charge in [0, 0.05) is 13.3 Å². The zero-order valence-electron chi connectivity index (χ0n) is 14.6.